The molecule has 0 unspecified atom stereocenters. The van der Waals surface area contributed by atoms with Crippen LogP contribution in [0.5, 0.6) is 0 Å². The van der Waals surface area contributed by atoms with E-state index in [1.54, 1.807) is 4.72 Å². The molecule has 2 aromatic rings. The zero-order valence-corrected chi connectivity index (χ0v) is 12.6. The van der Waals surface area contributed by atoms with E-state index in [9.17, 15) is 22.4 Å². The summed E-state index contributed by atoms with van der Waals surface area (Å²) in [6.45, 7) is 0. The molecule has 0 saturated heterocycles. The van der Waals surface area contributed by atoms with E-state index in [-0.39, 0.29) is 12.0 Å². The first kappa shape index (κ1) is 16.6. The maximum atomic E-state index is 13.5. The van der Waals surface area contributed by atoms with Crippen LogP contribution in [0.4, 0.5) is 4.39 Å². The number of rotatable bonds is 5. The van der Waals surface area contributed by atoms with Crippen molar-refractivity contribution >= 4 is 21.8 Å². The zero-order chi connectivity index (χ0) is 17.0. The van der Waals surface area contributed by atoms with E-state index in [2.05, 4.69) is 0 Å². The number of hydrogen-bond acceptors (Lipinski definition) is 4. The molecule has 0 aromatic heterocycles. The standard InChI is InChI=1S/C15H13FN2O4S/c16-12-3-1-2-4-13(12)23(21,22)18-14(19)9-10-5-7-11(8-6-10)15(17)20/h1-8H,9H2,(H2,17,20)(H,18,19). The number of amides is 2. The van der Waals surface area contributed by atoms with E-state index in [0.29, 0.717) is 5.56 Å². The molecule has 2 aromatic carbocycles. The van der Waals surface area contributed by atoms with Crippen molar-refractivity contribution in [3.05, 3.63) is 65.5 Å². The molecule has 120 valence electrons. The molecule has 6 nitrogen and oxygen atoms in total. The van der Waals surface area contributed by atoms with Crippen molar-refractivity contribution in [2.45, 2.75) is 11.3 Å². The molecule has 23 heavy (non-hydrogen) atoms. The van der Waals surface area contributed by atoms with Crippen molar-refractivity contribution in [2.75, 3.05) is 0 Å². The van der Waals surface area contributed by atoms with Crippen LogP contribution in [-0.2, 0) is 21.2 Å². The molecular formula is C15H13FN2O4S. The molecule has 2 rings (SSSR count). The minimum absolute atomic E-state index is 0.243. The van der Waals surface area contributed by atoms with Gasteiger partial charge < -0.3 is 5.73 Å². The first-order valence-corrected chi connectivity index (χ1v) is 7.97. The number of hydrogen-bond donors (Lipinski definition) is 2. The van der Waals surface area contributed by atoms with Gasteiger partial charge in [0.2, 0.25) is 11.8 Å². The Morgan fingerprint density at radius 3 is 2.22 bits per heavy atom. The molecule has 0 bridgehead atoms. The van der Waals surface area contributed by atoms with Gasteiger partial charge in [0.1, 0.15) is 10.7 Å². The Bertz CT molecular complexity index is 848. The van der Waals surface area contributed by atoms with Gasteiger partial charge in [0.25, 0.3) is 10.0 Å². The summed E-state index contributed by atoms with van der Waals surface area (Å²) in [5.41, 5.74) is 5.85. The molecule has 2 amide bonds. The first-order valence-electron chi connectivity index (χ1n) is 6.48. The molecule has 0 aliphatic rings. The summed E-state index contributed by atoms with van der Waals surface area (Å²) in [7, 11) is -4.28. The van der Waals surface area contributed by atoms with E-state index in [0.717, 1.165) is 12.1 Å². The number of nitrogens with one attached hydrogen (secondary N) is 1. The molecule has 0 aliphatic carbocycles. The molecule has 0 aliphatic heterocycles. The van der Waals surface area contributed by atoms with Gasteiger partial charge in [-0.05, 0) is 29.8 Å². The highest BCUT2D eigenvalue weighted by atomic mass is 32.2. The molecular weight excluding hydrogens is 323 g/mol. The Balaban J connectivity index is 2.10. The SMILES string of the molecule is NC(=O)c1ccc(CC(=O)NS(=O)(=O)c2ccccc2F)cc1. The maximum absolute atomic E-state index is 13.5. The van der Waals surface area contributed by atoms with Gasteiger partial charge in [-0.3, -0.25) is 9.59 Å². The third-order valence-corrected chi connectivity index (χ3v) is 4.38. The highest BCUT2D eigenvalue weighted by molar-refractivity contribution is 7.90. The van der Waals surface area contributed by atoms with Crippen LogP contribution in [0.15, 0.2) is 53.4 Å². The molecule has 8 heteroatoms. The zero-order valence-electron chi connectivity index (χ0n) is 11.8. The lowest BCUT2D eigenvalue weighted by molar-refractivity contribution is -0.118. The number of benzene rings is 2. The molecule has 0 fully saturated rings. The van der Waals surface area contributed by atoms with Crippen LogP contribution >= 0.6 is 0 Å². The lowest BCUT2D eigenvalue weighted by Gasteiger charge is -2.08. The minimum Gasteiger partial charge on any atom is -0.366 e. The van der Waals surface area contributed by atoms with Crippen molar-refractivity contribution in [1.29, 1.82) is 0 Å². The Morgan fingerprint density at radius 1 is 1.04 bits per heavy atom. The van der Waals surface area contributed by atoms with Gasteiger partial charge >= 0.3 is 0 Å². The van der Waals surface area contributed by atoms with E-state index < -0.39 is 32.6 Å². The van der Waals surface area contributed by atoms with Crippen LogP contribution in [-0.4, -0.2) is 20.2 Å². The monoisotopic (exact) mass is 336 g/mol. The quantitative estimate of drug-likeness (QED) is 0.848. The summed E-state index contributed by atoms with van der Waals surface area (Å²) >= 11 is 0. The average Bonchev–Trinajstić information content (AvgIpc) is 2.47. The summed E-state index contributed by atoms with van der Waals surface area (Å²) < 4.78 is 39.2. The second-order valence-electron chi connectivity index (χ2n) is 4.70. The summed E-state index contributed by atoms with van der Waals surface area (Å²) in [6, 6.07) is 10.6. The van der Waals surface area contributed by atoms with Gasteiger partial charge in [0.05, 0.1) is 6.42 Å². The normalized spacial score (nSPS) is 11.0. The van der Waals surface area contributed by atoms with Crippen LogP contribution < -0.4 is 10.5 Å². The lowest BCUT2D eigenvalue weighted by atomic mass is 10.1. The summed E-state index contributed by atoms with van der Waals surface area (Å²) in [4.78, 5) is 22.2. The Labute approximate surface area is 132 Å². The number of carbonyl (C=O) groups excluding carboxylic acids is 2. The topological polar surface area (TPSA) is 106 Å². The predicted molar refractivity (Wildman–Crippen MR) is 80.4 cm³/mol. The van der Waals surface area contributed by atoms with E-state index in [1.165, 1.54) is 36.4 Å². The van der Waals surface area contributed by atoms with E-state index >= 15 is 0 Å². The van der Waals surface area contributed by atoms with Crippen LogP contribution in [0.1, 0.15) is 15.9 Å². The van der Waals surface area contributed by atoms with E-state index in [1.807, 2.05) is 0 Å². The minimum atomic E-state index is -4.28. The van der Waals surface area contributed by atoms with Gasteiger partial charge in [-0.1, -0.05) is 24.3 Å². The van der Waals surface area contributed by atoms with Gasteiger partial charge in [0.15, 0.2) is 0 Å². The predicted octanol–water partition coefficient (Wildman–Crippen LogP) is 0.972. The van der Waals surface area contributed by atoms with Crippen LogP contribution in [0.25, 0.3) is 0 Å². The lowest BCUT2D eigenvalue weighted by Crippen LogP contribution is -2.32. The van der Waals surface area contributed by atoms with Crippen molar-refractivity contribution in [2.24, 2.45) is 5.73 Å². The smallest absolute Gasteiger partial charge is 0.266 e. The van der Waals surface area contributed by atoms with Gasteiger partial charge in [0, 0.05) is 5.56 Å². The second-order valence-corrected chi connectivity index (χ2v) is 6.35. The number of halogens is 1. The van der Waals surface area contributed by atoms with Gasteiger partial charge in [-0.2, -0.15) is 0 Å². The summed E-state index contributed by atoms with van der Waals surface area (Å²) in [6.07, 6.45) is -0.243. The first-order chi connectivity index (χ1) is 10.8. The Hall–Kier alpha value is -2.74. The largest absolute Gasteiger partial charge is 0.366 e. The number of nitrogens with two attached hydrogens (primary N) is 1. The molecule has 0 heterocycles. The van der Waals surface area contributed by atoms with Gasteiger partial charge in [-0.15, -0.1) is 0 Å². The maximum Gasteiger partial charge on any atom is 0.266 e. The Morgan fingerprint density at radius 2 is 1.65 bits per heavy atom. The highest BCUT2D eigenvalue weighted by Crippen LogP contribution is 2.13. The highest BCUT2D eigenvalue weighted by Gasteiger charge is 2.21. The second kappa shape index (κ2) is 6.57. The average molecular weight is 336 g/mol. The molecule has 3 N–H and O–H groups in total. The molecule has 0 spiro atoms. The number of carbonyl (C=O) groups is 2. The number of sulfonamides is 1. The third kappa shape index (κ3) is 4.13. The van der Waals surface area contributed by atoms with Crippen LogP contribution in [0.2, 0.25) is 0 Å². The number of primary amides is 1. The van der Waals surface area contributed by atoms with E-state index in [4.69, 9.17) is 5.73 Å². The van der Waals surface area contributed by atoms with Crippen molar-refractivity contribution in [1.82, 2.24) is 4.72 Å². The van der Waals surface area contributed by atoms with Crippen LogP contribution in [0, 0.1) is 5.82 Å². The van der Waals surface area contributed by atoms with Gasteiger partial charge in [-0.25, -0.2) is 17.5 Å². The van der Waals surface area contributed by atoms with Crippen molar-refractivity contribution in [3.8, 4) is 0 Å². The Kier molecular flexibility index (Phi) is 4.75. The fourth-order valence-corrected chi connectivity index (χ4v) is 2.94. The third-order valence-electron chi connectivity index (χ3n) is 2.98. The summed E-state index contributed by atoms with van der Waals surface area (Å²) in [5, 5.41) is 0. The van der Waals surface area contributed by atoms with Crippen molar-refractivity contribution < 1.29 is 22.4 Å². The fourth-order valence-electron chi connectivity index (χ4n) is 1.88. The molecule has 0 radical (unpaired) electrons. The van der Waals surface area contributed by atoms with Crippen molar-refractivity contribution in [3.63, 3.8) is 0 Å². The fraction of sp³-hybridized carbons (Fsp3) is 0.0667. The summed E-state index contributed by atoms with van der Waals surface area (Å²) in [5.74, 6) is -2.37. The molecule has 0 saturated carbocycles. The van der Waals surface area contributed by atoms with Crippen LogP contribution in [0.3, 0.4) is 0 Å². The molecule has 0 atom stereocenters.